The Balaban J connectivity index is 0.00000109. The number of aldehydes is 1. The fourth-order valence-electron chi connectivity index (χ4n) is 3.45. The zero-order chi connectivity index (χ0) is 18.4. The number of hydrogen-bond donors (Lipinski definition) is 1. The Morgan fingerprint density at radius 3 is 2.60 bits per heavy atom. The van der Waals surface area contributed by atoms with Gasteiger partial charge in [0.15, 0.2) is 5.79 Å². The lowest BCUT2D eigenvalue weighted by Crippen LogP contribution is -2.64. The van der Waals surface area contributed by atoms with E-state index in [0.717, 1.165) is 26.5 Å². The van der Waals surface area contributed by atoms with Gasteiger partial charge in [-0.1, -0.05) is 30.3 Å². The Hall–Kier alpha value is -1.31. The maximum absolute atomic E-state index is 11.6. The maximum Gasteiger partial charge on any atom is 0.191 e. The summed E-state index contributed by atoms with van der Waals surface area (Å²) >= 11 is 0. The topological polar surface area (TPSA) is 68.2 Å². The Morgan fingerprint density at radius 1 is 1.32 bits per heavy atom. The number of piperidine rings is 1. The van der Waals surface area contributed by atoms with Crippen molar-refractivity contribution in [2.24, 2.45) is 5.92 Å². The smallest absolute Gasteiger partial charge is 0.191 e. The van der Waals surface area contributed by atoms with Gasteiger partial charge in [-0.15, -0.1) is 0 Å². The van der Waals surface area contributed by atoms with Gasteiger partial charge >= 0.3 is 0 Å². The summed E-state index contributed by atoms with van der Waals surface area (Å²) in [7, 11) is 2.61. The van der Waals surface area contributed by atoms with E-state index in [9.17, 15) is 4.79 Å². The number of hydrogen-bond acceptors (Lipinski definition) is 6. The second kappa shape index (κ2) is 8.87. The predicted octanol–water partition coefficient (Wildman–Crippen LogP) is 1.46. The summed E-state index contributed by atoms with van der Waals surface area (Å²) in [5.74, 6) is -1.01. The van der Waals surface area contributed by atoms with Gasteiger partial charge in [-0.2, -0.15) is 0 Å². The Labute approximate surface area is 149 Å². The predicted molar refractivity (Wildman–Crippen MR) is 94.0 cm³/mol. The lowest BCUT2D eigenvalue weighted by Gasteiger charge is -2.51. The summed E-state index contributed by atoms with van der Waals surface area (Å²) in [6.45, 7) is 6.07. The highest BCUT2D eigenvalue weighted by Crippen LogP contribution is 2.35. The third kappa shape index (κ3) is 4.46. The average Bonchev–Trinajstić information content (AvgIpc) is 2.65. The van der Waals surface area contributed by atoms with Crippen LogP contribution < -0.4 is 0 Å². The minimum Gasteiger partial charge on any atom is -0.400 e. The van der Waals surface area contributed by atoms with Crippen LogP contribution in [0.3, 0.4) is 0 Å². The van der Waals surface area contributed by atoms with Crippen molar-refractivity contribution < 1.29 is 24.1 Å². The van der Waals surface area contributed by atoms with E-state index in [1.807, 2.05) is 32.0 Å². The van der Waals surface area contributed by atoms with Gasteiger partial charge in [-0.3, -0.25) is 4.90 Å². The molecular formula is C19H29NO5. The van der Waals surface area contributed by atoms with Gasteiger partial charge in [0, 0.05) is 33.9 Å². The van der Waals surface area contributed by atoms with Gasteiger partial charge < -0.3 is 24.1 Å². The summed E-state index contributed by atoms with van der Waals surface area (Å²) in [4.78, 5) is 13.9. The molecule has 0 saturated carbocycles. The quantitative estimate of drug-likeness (QED) is 0.829. The minimum absolute atomic E-state index is 0.110. The van der Waals surface area contributed by atoms with Crippen LogP contribution in [-0.4, -0.2) is 67.7 Å². The molecule has 0 radical (unpaired) electrons. The molecule has 2 saturated heterocycles. The molecule has 1 aromatic carbocycles. The van der Waals surface area contributed by atoms with Crippen LogP contribution in [0.5, 0.6) is 0 Å². The molecular weight excluding hydrogens is 322 g/mol. The van der Waals surface area contributed by atoms with Crippen LogP contribution >= 0.6 is 0 Å². The van der Waals surface area contributed by atoms with E-state index in [4.69, 9.17) is 19.3 Å². The molecule has 0 aliphatic carbocycles. The summed E-state index contributed by atoms with van der Waals surface area (Å²) in [5.41, 5.74) is 1.24. The summed E-state index contributed by atoms with van der Waals surface area (Å²) in [6.07, 6.45) is 0.448. The molecule has 0 aromatic heterocycles. The zero-order valence-corrected chi connectivity index (χ0v) is 15.4. The van der Waals surface area contributed by atoms with Crippen LogP contribution in [0.2, 0.25) is 0 Å². The van der Waals surface area contributed by atoms with E-state index in [-0.39, 0.29) is 24.2 Å². The van der Waals surface area contributed by atoms with Crippen molar-refractivity contribution in [3.63, 3.8) is 0 Å². The van der Waals surface area contributed by atoms with Gasteiger partial charge in [0.1, 0.15) is 12.4 Å². The molecule has 2 fully saturated rings. The first kappa shape index (κ1) is 20.0. The molecule has 2 aliphatic rings. The third-order valence-electron chi connectivity index (χ3n) is 5.01. The van der Waals surface area contributed by atoms with Crippen LogP contribution in [0.15, 0.2) is 30.3 Å². The lowest BCUT2D eigenvalue weighted by atomic mass is 9.90. The summed E-state index contributed by atoms with van der Waals surface area (Å²) < 4.78 is 17.8. The lowest BCUT2D eigenvalue weighted by molar-refractivity contribution is -0.359. The second-order valence-electron chi connectivity index (χ2n) is 6.60. The highest BCUT2D eigenvalue weighted by molar-refractivity contribution is 5.55. The SMILES string of the molecule is CO.CO[C@@]1(C)O[C@@H]2[C@@H](C=O)CN(Cc3ccccc3)C[C@H]2O[C@H]1C. The first-order chi connectivity index (χ1) is 12.1. The van der Waals surface area contributed by atoms with Gasteiger partial charge in [0.2, 0.25) is 0 Å². The molecule has 0 spiro atoms. The van der Waals surface area contributed by atoms with Crippen LogP contribution in [0, 0.1) is 5.92 Å². The summed E-state index contributed by atoms with van der Waals surface area (Å²) in [5, 5.41) is 7.00. The molecule has 25 heavy (non-hydrogen) atoms. The molecule has 0 bridgehead atoms. The van der Waals surface area contributed by atoms with E-state index in [0.29, 0.717) is 6.54 Å². The molecule has 5 atom stereocenters. The highest BCUT2D eigenvalue weighted by atomic mass is 16.7. The number of aliphatic hydroxyl groups excluding tert-OH is 1. The number of carbonyl (C=O) groups excluding carboxylic acids is 1. The molecule has 1 aromatic rings. The largest absolute Gasteiger partial charge is 0.400 e. The van der Waals surface area contributed by atoms with Crippen molar-refractivity contribution in [3.05, 3.63) is 35.9 Å². The van der Waals surface area contributed by atoms with Crippen LogP contribution in [-0.2, 0) is 25.5 Å². The number of aliphatic hydroxyl groups is 1. The van der Waals surface area contributed by atoms with Crippen molar-refractivity contribution in [1.29, 1.82) is 0 Å². The van der Waals surface area contributed by atoms with Crippen molar-refractivity contribution in [2.75, 3.05) is 27.3 Å². The highest BCUT2D eigenvalue weighted by Gasteiger charge is 2.50. The Morgan fingerprint density at radius 2 is 2.00 bits per heavy atom. The van der Waals surface area contributed by atoms with E-state index < -0.39 is 5.79 Å². The van der Waals surface area contributed by atoms with Crippen LogP contribution in [0.1, 0.15) is 19.4 Å². The van der Waals surface area contributed by atoms with Gasteiger partial charge in [0.25, 0.3) is 0 Å². The first-order valence-corrected chi connectivity index (χ1v) is 8.60. The third-order valence-corrected chi connectivity index (χ3v) is 5.01. The number of rotatable bonds is 4. The molecule has 2 aliphatic heterocycles. The van der Waals surface area contributed by atoms with Crippen molar-refractivity contribution in [2.45, 2.75) is 44.5 Å². The normalized spacial score (nSPS) is 35.2. The zero-order valence-electron chi connectivity index (χ0n) is 15.4. The summed E-state index contributed by atoms with van der Waals surface area (Å²) in [6, 6.07) is 10.3. The Kier molecular flexibility index (Phi) is 7.10. The van der Waals surface area contributed by atoms with Gasteiger partial charge in [0.05, 0.1) is 18.1 Å². The van der Waals surface area contributed by atoms with E-state index in [2.05, 4.69) is 17.0 Å². The number of benzene rings is 1. The van der Waals surface area contributed by atoms with E-state index in [1.165, 1.54) is 5.56 Å². The Bertz CT molecular complexity index is 540. The molecule has 1 N–H and O–H groups in total. The second-order valence-corrected chi connectivity index (χ2v) is 6.60. The molecule has 0 amide bonds. The van der Waals surface area contributed by atoms with Gasteiger partial charge in [-0.05, 0) is 19.4 Å². The monoisotopic (exact) mass is 351 g/mol. The number of carbonyl (C=O) groups is 1. The number of ether oxygens (including phenoxy) is 3. The van der Waals surface area contributed by atoms with Crippen molar-refractivity contribution in [1.82, 2.24) is 4.90 Å². The van der Waals surface area contributed by atoms with E-state index in [1.54, 1.807) is 7.11 Å². The fourth-order valence-corrected chi connectivity index (χ4v) is 3.45. The van der Waals surface area contributed by atoms with Gasteiger partial charge in [-0.25, -0.2) is 0 Å². The molecule has 3 rings (SSSR count). The number of methoxy groups -OCH3 is 1. The fraction of sp³-hybridized carbons (Fsp3) is 0.632. The number of nitrogens with zero attached hydrogens (tertiary/aromatic N) is 1. The number of fused-ring (bicyclic) bond motifs is 1. The van der Waals surface area contributed by atoms with Crippen LogP contribution in [0.4, 0.5) is 0 Å². The molecule has 0 unspecified atom stereocenters. The van der Waals surface area contributed by atoms with Crippen LogP contribution in [0.25, 0.3) is 0 Å². The minimum atomic E-state index is -0.802. The molecule has 6 heteroatoms. The van der Waals surface area contributed by atoms with Crippen molar-refractivity contribution >= 4 is 6.29 Å². The molecule has 2 heterocycles. The average molecular weight is 351 g/mol. The molecule has 140 valence electrons. The van der Waals surface area contributed by atoms with Crippen molar-refractivity contribution in [3.8, 4) is 0 Å². The number of likely N-dealkylation sites (tertiary alicyclic amines) is 1. The standard InChI is InChI=1S/C18H25NO4.CH4O/c1-13-18(2,21-3)23-17-15(12-20)10-19(11-16(17)22-13)9-14-7-5-4-6-8-14;1-2/h4-8,12-13,15-17H,9-11H2,1-3H3;2H,1H3/t13-,15+,16+,17+,18-;/m0./s1. The maximum atomic E-state index is 11.6. The molecule has 6 nitrogen and oxygen atoms in total. The van der Waals surface area contributed by atoms with E-state index >= 15 is 0 Å². The first-order valence-electron chi connectivity index (χ1n) is 8.60.